The van der Waals surface area contributed by atoms with Gasteiger partial charge in [0.25, 0.3) is 0 Å². The summed E-state index contributed by atoms with van der Waals surface area (Å²) < 4.78 is 35.5. The van der Waals surface area contributed by atoms with E-state index in [4.69, 9.17) is 14.6 Å². The van der Waals surface area contributed by atoms with Crippen molar-refractivity contribution in [2.45, 2.75) is 42.7 Å². The summed E-state index contributed by atoms with van der Waals surface area (Å²) in [7, 11) is -3.83. The first kappa shape index (κ1) is 23.1. The second-order valence-corrected chi connectivity index (χ2v) is 9.24. The molecule has 0 unspecified atom stereocenters. The Hall–Kier alpha value is -3.14. The molecule has 1 amide bonds. The zero-order valence-corrected chi connectivity index (χ0v) is 17.7. The number of ether oxygens (including phenoxy) is 2. The third-order valence-corrected chi connectivity index (χ3v) is 5.34. The number of carboxylic acid groups (broad SMARTS) is 1. The van der Waals surface area contributed by atoms with Gasteiger partial charge in [0.05, 0.1) is 4.90 Å². The number of aliphatic carboxylic acids is 1. The Bertz CT molecular complexity index is 979. The Kier molecular flexibility index (Phi) is 7.38. The predicted molar refractivity (Wildman–Crippen MR) is 107 cm³/mol. The van der Waals surface area contributed by atoms with Gasteiger partial charge in [-0.05, 0) is 63.1 Å². The summed E-state index contributed by atoms with van der Waals surface area (Å²) in [6, 6.07) is 8.44. The average molecular weight is 436 g/mol. The lowest BCUT2D eigenvalue weighted by Crippen LogP contribution is -2.33. The number of pyridine rings is 1. The van der Waals surface area contributed by atoms with E-state index in [9.17, 15) is 18.0 Å². The third-order valence-electron chi connectivity index (χ3n) is 3.65. The molecule has 0 aliphatic heterocycles. The molecule has 162 valence electrons. The monoisotopic (exact) mass is 436 g/mol. The minimum absolute atomic E-state index is 0.0111. The van der Waals surface area contributed by atoms with E-state index in [-0.39, 0.29) is 15.7 Å². The van der Waals surface area contributed by atoms with Gasteiger partial charge in [-0.2, -0.15) is 0 Å². The maximum atomic E-state index is 12.7. The van der Waals surface area contributed by atoms with Crippen LogP contribution in [0.5, 0.6) is 5.75 Å². The van der Waals surface area contributed by atoms with Crippen LogP contribution in [-0.4, -0.2) is 49.3 Å². The van der Waals surface area contributed by atoms with Gasteiger partial charge in [0, 0.05) is 12.7 Å². The van der Waals surface area contributed by atoms with Gasteiger partial charge in [0.2, 0.25) is 9.84 Å². The fourth-order valence-corrected chi connectivity index (χ4v) is 3.50. The van der Waals surface area contributed by atoms with Gasteiger partial charge < -0.3 is 19.9 Å². The molecule has 0 aliphatic rings. The Morgan fingerprint density at radius 3 is 2.30 bits per heavy atom. The van der Waals surface area contributed by atoms with E-state index in [0.29, 0.717) is 13.0 Å². The van der Waals surface area contributed by atoms with E-state index >= 15 is 0 Å². The minimum atomic E-state index is -3.83. The van der Waals surface area contributed by atoms with Crippen molar-refractivity contribution in [3.05, 3.63) is 48.2 Å². The summed E-state index contributed by atoms with van der Waals surface area (Å²) in [6.07, 6.45) is 1.38. The Morgan fingerprint density at radius 2 is 1.77 bits per heavy atom. The number of carboxylic acids is 1. The summed E-state index contributed by atoms with van der Waals surface area (Å²) in [6.45, 7) is 5.11. The van der Waals surface area contributed by atoms with Crippen molar-refractivity contribution in [1.82, 2.24) is 10.3 Å². The number of carbonyl (C=O) groups is 2. The maximum Gasteiger partial charge on any atom is 0.407 e. The molecular formula is C20H24N2O7S. The number of hydrogen-bond acceptors (Lipinski definition) is 7. The average Bonchev–Trinajstić information content (AvgIpc) is 2.65. The summed E-state index contributed by atoms with van der Waals surface area (Å²) >= 11 is 0. The lowest BCUT2D eigenvalue weighted by molar-refractivity contribution is -0.139. The van der Waals surface area contributed by atoms with Crippen LogP contribution in [0.2, 0.25) is 0 Å². The molecule has 30 heavy (non-hydrogen) atoms. The number of aromatic nitrogens is 1. The van der Waals surface area contributed by atoms with E-state index in [1.165, 1.54) is 36.5 Å². The Balaban J connectivity index is 1.97. The molecule has 0 saturated carbocycles. The third kappa shape index (κ3) is 7.03. The first-order chi connectivity index (χ1) is 14.0. The molecule has 2 N–H and O–H groups in total. The van der Waals surface area contributed by atoms with Crippen LogP contribution in [0.1, 0.15) is 26.3 Å². The molecule has 1 heterocycles. The van der Waals surface area contributed by atoms with Gasteiger partial charge in [0.1, 0.15) is 11.4 Å². The topological polar surface area (TPSA) is 132 Å². The number of nitrogens with one attached hydrogen (secondary N) is 1. The quantitative estimate of drug-likeness (QED) is 0.645. The molecular weight excluding hydrogens is 412 g/mol. The molecule has 0 bridgehead atoms. The normalized spacial score (nSPS) is 11.6. The molecule has 2 aromatic rings. The van der Waals surface area contributed by atoms with Crippen molar-refractivity contribution in [2.75, 3.05) is 13.2 Å². The SMILES string of the molecule is CC(C)(C)OC(=O)NCCc1ccc(S(=O)(=O)c2ccc(OCC(=O)O)cc2)nc1. The van der Waals surface area contributed by atoms with Gasteiger partial charge in [-0.25, -0.2) is 23.0 Å². The maximum absolute atomic E-state index is 12.7. The second kappa shape index (κ2) is 9.57. The highest BCUT2D eigenvalue weighted by Crippen LogP contribution is 2.22. The van der Waals surface area contributed by atoms with Crippen molar-refractivity contribution in [1.29, 1.82) is 0 Å². The Morgan fingerprint density at radius 1 is 1.10 bits per heavy atom. The lowest BCUT2D eigenvalue weighted by Gasteiger charge is -2.19. The number of rotatable bonds is 8. The molecule has 9 nitrogen and oxygen atoms in total. The number of benzene rings is 1. The van der Waals surface area contributed by atoms with Crippen LogP contribution in [0.3, 0.4) is 0 Å². The zero-order valence-electron chi connectivity index (χ0n) is 16.9. The predicted octanol–water partition coefficient (Wildman–Crippen LogP) is 2.45. The largest absolute Gasteiger partial charge is 0.482 e. The van der Waals surface area contributed by atoms with E-state index in [2.05, 4.69) is 10.3 Å². The van der Waals surface area contributed by atoms with Gasteiger partial charge in [-0.15, -0.1) is 0 Å². The smallest absolute Gasteiger partial charge is 0.407 e. The molecule has 2 rings (SSSR count). The number of hydrogen-bond donors (Lipinski definition) is 2. The highest BCUT2D eigenvalue weighted by Gasteiger charge is 2.19. The van der Waals surface area contributed by atoms with Crippen molar-refractivity contribution >= 4 is 21.9 Å². The van der Waals surface area contributed by atoms with E-state index in [1.807, 2.05) is 0 Å². The number of carbonyl (C=O) groups excluding carboxylic acids is 1. The summed E-state index contributed by atoms with van der Waals surface area (Å²) in [5, 5.41) is 11.1. The van der Waals surface area contributed by atoms with Crippen molar-refractivity contribution < 1.29 is 32.6 Å². The van der Waals surface area contributed by atoms with Crippen molar-refractivity contribution in [3.8, 4) is 5.75 Å². The lowest BCUT2D eigenvalue weighted by atomic mass is 10.2. The summed E-state index contributed by atoms with van der Waals surface area (Å²) in [5.41, 5.74) is 0.171. The van der Waals surface area contributed by atoms with Crippen LogP contribution in [0, 0.1) is 0 Å². The van der Waals surface area contributed by atoms with Crippen LogP contribution >= 0.6 is 0 Å². The number of amides is 1. The zero-order chi connectivity index (χ0) is 22.4. The number of alkyl carbamates (subject to hydrolysis) is 1. The first-order valence-electron chi connectivity index (χ1n) is 9.09. The van der Waals surface area contributed by atoms with Crippen LogP contribution in [0.25, 0.3) is 0 Å². The molecule has 0 atom stereocenters. The molecule has 0 fully saturated rings. The number of nitrogens with zero attached hydrogens (tertiary/aromatic N) is 1. The van der Waals surface area contributed by atoms with Crippen LogP contribution in [0.15, 0.2) is 52.5 Å². The van der Waals surface area contributed by atoms with Crippen LogP contribution in [0.4, 0.5) is 4.79 Å². The van der Waals surface area contributed by atoms with E-state index in [1.54, 1.807) is 26.8 Å². The standard InChI is InChI=1S/C20H24N2O7S/c1-20(2,3)29-19(25)21-11-10-14-4-9-17(22-12-14)30(26,27)16-7-5-15(6-8-16)28-13-18(23)24/h4-9,12H,10-11,13H2,1-3H3,(H,21,25)(H,23,24). The van der Waals surface area contributed by atoms with E-state index < -0.39 is 34.1 Å². The van der Waals surface area contributed by atoms with Gasteiger partial charge >= 0.3 is 12.1 Å². The summed E-state index contributed by atoms with van der Waals surface area (Å²) in [5.74, 6) is -0.880. The molecule has 1 aromatic heterocycles. The second-order valence-electron chi connectivity index (χ2n) is 7.34. The highest BCUT2D eigenvalue weighted by atomic mass is 32.2. The Labute approximate surface area is 175 Å². The molecule has 10 heteroatoms. The van der Waals surface area contributed by atoms with Gasteiger partial charge in [-0.3, -0.25) is 0 Å². The number of sulfone groups is 1. The minimum Gasteiger partial charge on any atom is -0.482 e. The first-order valence-corrected chi connectivity index (χ1v) is 10.6. The molecule has 0 aliphatic carbocycles. The fraction of sp³-hybridized carbons (Fsp3) is 0.350. The van der Waals surface area contributed by atoms with E-state index in [0.717, 1.165) is 5.56 Å². The summed E-state index contributed by atoms with van der Waals surface area (Å²) in [4.78, 5) is 26.2. The highest BCUT2D eigenvalue weighted by molar-refractivity contribution is 7.91. The molecule has 0 saturated heterocycles. The van der Waals surface area contributed by atoms with Crippen molar-refractivity contribution in [2.24, 2.45) is 0 Å². The van der Waals surface area contributed by atoms with Crippen LogP contribution < -0.4 is 10.1 Å². The van der Waals surface area contributed by atoms with Crippen molar-refractivity contribution in [3.63, 3.8) is 0 Å². The molecule has 1 aromatic carbocycles. The molecule has 0 spiro atoms. The van der Waals surface area contributed by atoms with Gasteiger partial charge in [0.15, 0.2) is 11.6 Å². The van der Waals surface area contributed by atoms with Gasteiger partial charge in [-0.1, -0.05) is 6.07 Å². The van der Waals surface area contributed by atoms with Crippen LogP contribution in [-0.2, 0) is 25.8 Å². The molecule has 0 radical (unpaired) electrons. The fourth-order valence-electron chi connectivity index (χ4n) is 2.32.